The molecule has 1 amide bonds. The first-order valence-electron chi connectivity index (χ1n) is 5.26. The highest BCUT2D eigenvalue weighted by atomic mass is 32.1. The van der Waals surface area contributed by atoms with E-state index >= 15 is 0 Å². The van der Waals surface area contributed by atoms with Crippen LogP contribution in [0.25, 0.3) is 0 Å². The molecule has 0 radical (unpaired) electrons. The Bertz CT molecular complexity index is 308. The Hall–Kier alpha value is -0.960. The molecule has 0 aliphatic heterocycles. The zero-order chi connectivity index (χ0) is 11.1. The van der Waals surface area contributed by atoms with Crippen molar-refractivity contribution in [1.82, 2.24) is 0 Å². The molecule has 2 nitrogen and oxygen atoms in total. The Morgan fingerprint density at radius 1 is 1.33 bits per heavy atom. The van der Waals surface area contributed by atoms with Gasteiger partial charge in [-0.05, 0) is 30.5 Å². The molecule has 0 atom stereocenters. The van der Waals surface area contributed by atoms with Crippen molar-refractivity contribution in [3.63, 3.8) is 0 Å². The van der Waals surface area contributed by atoms with E-state index in [1.165, 1.54) is 18.4 Å². The molecule has 0 bridgehead atoms. The molecular formula is C12H17NOS. The number of unbranched alkanes of at least 4 members (excludes halogenated alkanes) is 1. The number of nitrogens with one attached hydrogen (secondary N) is 1. The molecule has 0 aliphatic rings. The van der Waals surface area contributed by atoms with Gasteiger partial charge in [-0.25, -0.2) is 0 Å². The normalized spacial score (nSPS) is 10.0. The monoisotopic (exact) mass is 223 g/mol. The van der Waals surface area contributed by atoms with Crippen LogP contribution in [0, 0.1) is 0 Å². The third-order valence-corrected chi connectivity index (χ3v) is 2.49. The van der Waals surface area contributed by atoms with Gasteiger partial charge in [-0.15, -0.1) is 0 Å². The van der Waals surface area contributed by atoms with Crippen molar-refractivity contribution in [3.05, 3.63) is 29.8 Å². The summed E-state index contributed by atoms with van der Waals surface area (Å²) in [6, 6.07) is 7.99. The molecule has 1 aromatic carbocycles. The SMILES string of the molecule is CCCCc1ccc(NC(=O)CS)cc1. The largest absolute Gasteiger partial charge is 0.325 e. The van der Waals surface area contributed by atoms with Crippen LogP contribution in [0.15, 0.2) is 24.3 Å². The Labute approximate surface area is 96.5 Å². The minimum atomic E-state index is -0.0698. The average molecular weight is 223 g/mol. The van der Waals surface area contributed by atoms with Crippen LogP contribution in [0.4, 0.5) is 5.69 Å². The van der Waals surface area contributed by atoms with Gasteiger partial charge in [-0.2, -0.15) is 12.6 Å². The average Bonchev–Trinajstić information content (AvgIpc) is 2.28. The zero-order valence-electron chi connectivity index (χ0n) is 8.99. The lowest BCUT2D eigenvalue weighted by atomic mass is 10.1. The second-order valence-electron chi connectivity index (χ2n) is 3.51. The van der Waals surface area contributed by atoms with Crippen molar-refractivity contribution in [2.75, 3.05) is 11.1 Å². The van der Waals surface area contributed by atoms with Crippen molar-refractivity contribution < 1.29 is 4.79 Å². The number of carbonyl (C=O) groups is 1. The molecule has 0 saturated heterocycles. The number of hydrogen-bond donors (Lipinski definition) is 2. The van der Waals surface area contributed by atoms with Crippen molar-refractivity contribution in [1.29, 1.82) is 0 Å². The van der Waals surface area contributed by atoms with E-state index in [0.717, 1.165) is 12.1 Å². The lowest BCUT2D eigenvalue weighted by molar-refractivity contribution is -0.113. The second kappa shape index (κ2) is 6.51. The molecule has 1 aromatic rings. The summed E-state index contributed by atoms with van der Waals surface area (Å²) < 4.78 is 0. The van der Waals surface area contributed by atoms with Crippen LogP contribution in [0.5, 0.6) is 0 Å². The first-order valence-corrected chi connectivity index (χ1v) is 5.89. The molecule has 0 saturated carbocycles. The number of hydrogen-bond acceptors (Lipinski definition) is 2. The lowest BCUT2D eigenvalue weighted by Crippen LogP contribution is -2.12. The minimum absolute atomic E-state index is 0.0698. The Morgan fingerprint density at radius 3 is 2.53 bits per heavy atom. The van der Waals surface area contributed by atoms with Crippen LogP contribution in [0.1, 0.15) is 25.3 Å². The maximum atomic E-state index is 11.1. The van der Waals surface area contributed by atoms with Crippen LogP contribution in [0.3, 0.4) is 0 Å². The van der Waals surface area contributed by atoms with Gasteiger partial charge in [0.05, 0.1) is 5.75 Å². The van der Waals surface area contributed by atoms with E-state index in [2.05, 4.69) is 37.0 Å². The molecule has 3 heteroatoms. The zero-order valence-corrected chi connectivity index (χ0v) is 9.89. The number of benzene rings is 1. The maximum Gasteiger partial charge on any atom is 0.234 e. The fourth-order valence-corrected chi connectivity index (χ4v) is 1.42. The third-order valence-electron chi connectivity index (χ3n) is 2.20. The third kappa shape index (κ3) is 4.38. The number of anilines is 1. The summed E-state index contributed by atoms with van der Waals surface area (Å²) in [5.41, 5.74) is 2.16. The summed E-state index contributed by atoms with van der Waals surface area (Å²) in [7, 11) is 0. The summed E-state index contributed by atoms with van der Waals surface area (Å²) in [5, 5.41) is 2.76. The molecule has 0 fully saturated rings. The van der Waals surface area contributed by atoms with Gasteiger partial charge in [0.2, 0.25) is 5.91 Å². The van der Waals surface area contributed by atoms with Crippen molar-refractivity contribution >= 4 is 24.2 Å². The van der Waals surface area contributed by atoms with E-state index in [4.69, 9.17) is 0 Å². The van der Waals surface area contributed by atoms with Gasteiger partial charge in [-0.3, -0.25) is 4.79 Å². The van der Waals surface area contributed by atoms with Crippen molar-refractivity contribution in [2.24, 2.45) is 0 Å². The van der Waals surface area contributed by atoms with E-state index in [9.17, 15) is 4.79 Å². The van der Waals surface area contributed by atoms with Gasteiger partial charge in [0.15, 0.2) is 0 Å². The molecule has 0 unspecified atom stereocenters. The van der Waals surface area contributed by atoms with Crippen molar-refractivity contribution in [2.45, 2.75) is 26.2 Å². The quantitative estimate of drug-likeness (QED) is 0.738. The molecule has 0 aliphatic carbocycles. The van der Waals surface area contributed by atoms with Gasteiger partial charge >= 0.3 is 0 Å². The molecule has 1 rings (SSSR count). The van der Waals surface area contributed by atoms with Gasteiger partial charge in [0.1, 0.15) is 0 Å². The summed E-state index contributed by atoms with van der Waals surface area (Å²) >= 11 is 3.90. The minimum Gasteiger partial charge on any atom is -0.325 e. The first kappa shape index (κ1) is 12.1. The summed E-state index contributed by atoms with van der Waals surface area (Å²) in [4.78, 5) is 11.1. The Kier molecular flexibility index (Phi) is 5.26. The number of rotatable bonds is 5. The Balaban J connectivity index is 2.52. The van der Waals surface area contributed by atoms with Gasteiger partial charge < -0.3 is 5.32 Å². The van der Waals surface area contributed by atoms with E-state index in [-0.39, 0.29) is 11.7 Å². The molecule has 0 spiro atoms. The predicted octanol–water partition coefficient (Wildman–Crippen LogP) is 2.90. The van der Waals surface area contributed by atoms with Crippen LogP contribution >= 0.6 is 12.6 Å². The molecular weight excluding hydrogens is 206 g/mol. The van der Waals surface area contributed by atoms with E-state index in [1.54, 1.807) is 0 Å². The van der Waals surface area contributed by atoms with Crippen LogP contribution in [-0.2, 0) is 11.2 Å². The molecule has 0 aromatic heterocycles. The maximum absolute atomic E-state index is 11.1. The van der Waals surface area contributed by atoms with E-state index in [1.807, 2.05) is 12.1 Å². The smallest absolute Gasteiger partial charge is 0.234 e. The number of aryl methyl sites for hydroxylation is 1. The first-order chi connectivity index (χ1) is 7.26. The highest BCUT2D eigenvalue weighted by Crippen LogP contribution is 2.11. The number of thiol groups is 1. The number of carbonyl (C=O) groups excluding carboxylic acids is 1. The predicted molar refractivity (Wildman–Crippen MR) is 67.5 cm³/mol. The highest BCUT2D eigenvalue weighted by Gasteiger charge is 1.98. The molecule has 82 valence electrons. The van der Waals surface area contributed by atoms with Crippen molar-refractivity contribution in [3.8, 4) is 0 Å². The van der Waals surface area contributed by atoms with Crippen LogP contribution < -0.4 is 5.32 Å². The lowest BCUT2D eigenvalue weighted by Gasteiger charge is -2.04. The van der Waals surface area contributed by atoms with Gasteiger partial charge in [0, 0.05) is 5.69 Å². The molecule has 1 N–H and O–H groups in total. The second-order valence-corrected chi connectivity index (χ2v) is 3.82. The summed E-state index contributed by atoms with van der Waals surface area (Å²) in [5.74, 6) is 0.150. The Morgan fingerprint density at radius 2 is 2.00 bits per heavy atom. The van der Waals surface area contributed by atoms with E-state index < -0.39 is 0 Å². The topological polar surface area (TPSA) is 29.1 Å². The van der Waals surface area contributed by atoms with Gasteiger partial charge in [-0.1, -0.05) is 25.5 Å². The molecule has 15 heavy (non-hydrogen) atoms. The van der Waals surface area contributed by atoms with Crippen LogP contribution in [0.2, 0.25) is 0 Å². The van der Waals surface area contributed by atoms with Crippen LogP contribution in [-0.4, -0.2) is 11.7 Å². The number of amides is 1. The van der Waals surface area contributed by atoms with E-state index in [0.29, 0.717) is 0 Å². The fourth-order valence-electron chi connectivity index (χ4n) is 1.34. The molecule has 0 heterocycles. The summed E-state index contributed by atoms with van der Waals surface area (Å²) in [6.45, 7) is 2.18. The summed E-state index contributed by atoms with van der Waals surface area (Å²) in [6.07, 6.45) is 3.53. The standard InChI is InChI=1S/C12H17NOS/c1-2-3-4-10-5-7-11(8-6-10)13-12(14)9-15/h5-8,15H,2-4,9H2,1H3,(H,13,14). The van der Waals surface area contributed by atoms with Gasteiger partial charge in [0.25, 0.3) is 0 Å². The fraction of sp³-hybridized carbons (Fsp3) is 0.417. The highest BCUT2D eigenvalue weighted by molar-refractivity contribution is 7.81.